The average molecular weight is 340 g/mol. The lowest BCUT2D eigenvalue weighted by Crippen LogP contribution is -2.38. The van der Waals surface area contributed by atoms with E-state index in [0.29, 0.717) is 24.4 Å². The summed E-state index contributed by atoms with van der Waals surface area (Å²) in [6, 6.07) is 15.0. The van der Waals surface area contributed by atoms with Crippen LogP contribution in [0.15, 0.2) is 48.5 Å². The topological polar surface area (TPSA) is 58.6 Å². The van der Waals surface area contributed by atoms with E-state index < -0.39 is 0 Å². The van der Waals surface area contributed by atoms with Gasteiger partial charge in [-0.1, -0.05) is 36.4 Å². The normalized spacial score (nSPS) is 10.2. The molecule has 2 amide bonds. The van der Waals surface area contributed by atoms with Gasteiger partial charge in [-0.25, -0.2) is 0 Å². The zero-order valence-corrected chi connectivity index (χ0v) is 14.9. The molecule has 0 radical (unpaired) electrons. The van der Waals surface area contributed by atoms with Gasteiger partial charge in [-0.05, 0) is 37.1 Å². The van der Waals surface area contributed by atoms with E-state index in [4.69, 9.17) is 4.74 Å². The molecular formula is C20H24N2O3. The Kier molecular flexibility index (Phi) is 6.57. The van der Waals surface area contributed by atoms with Crippen LogP contribution in [0.4, 0.5) is 5.69 Å². The quantitative estimate of drug-likeness (QED) is 0.843. The Morgan fingerprint density at radius 3 is 2.44 bits per heavy atom. The number of carbonyl (C=O) groups excluding carboxylic acids is 2. The number of hydrogen-bond acceptors (Lipinski definition) is 3. The fraction of sp³-hybridized carbons (Fsp3) is 0.300. The van der Waals surface area contributed by atoms with Gasteiger partial charge in [0.05, 0.1) is 25.8 Å². The average Bonchev–Trinajstić information content (AvgIpc) is 2.62. The number of nitrogens with zero attached hydrogens (tertiary/aromatic N) is 1. The largest absolute Gasteiger partial charge is 0.495 e. The van der Waals surface area contributed by atoms with E-state index in [-0.39, 0.29) is 18.4 Å². The first-order chi connectivity index (χ1) is 12.0. The monoisotopic (exact) mass is 340 g/mol. The number of carbonyl (C=O) groups is 2. The van der Waals surface area contributed by atoms with E-state index in [0.717, 1.165) is 11.1 Å². The minimum atomic E-state index is -0.246. The zero-order chi connectivity index (χ0) is 18.2. The molecule has 5 nitrogen and oxygen atoms in total. The van der Waals surface area contributed by atoms with Gasteiger partial charge in [0.25, 0.3) is 0 Å². The van der Waals surface area contributed by atoms with Crippen LogP contribution in [0.25, 0.3) is 0 Å². The lowest BCUT2D eigenvalue weighted by atomic mass is 10.1. The Labute approximate surface area is 148 Å². The van der Waals surface area contributed by atoms with E-state index >= 15 is 0 Å². The molecule has 0 spiro atoms. The van der Waals surface area contributed by atoms with Crippen LogP contribution in [-0.2, 0) is 16.0 Å². The molecule has 25 heavy (non-hydrogen) atoms. The highest BCUT2D eigenvalue weighted by Gasteiger charge is 2.17. The number of benzene rings is 2. The second-order valence-corrected chi connectivity index (χ2v) is 5.76. The SMILES string of the molecule is CCN(CC(=O)Nc1ccccc1OC)C(=O)Cc1ccccc1C. The number of ether oxygens (including phenoxy) is 1. The summed E-state index contributed by atoms with van der Waals surface area (Å²) in [5, 5.41) is 2.80. The van der Waals surface area contributed by atoms with E-state index in [9.17, 15) is 9.59 Å². The molecule has 0 unspecified atom stereocenters. The van der Waals surface area contributed by atoms with Crippen LogP contribution >= 0.6 is 0 Å². The van der Waals surface area contributed by atoms with Crippen molar-refractivity contribution in [1.29, 1.82) is 0 Å². The number of anilines is 1. The summed E-state index contributed by atoms with van der Waals surface area (Å²) >= 11 is 0. The zero-order valence-electron chi connectivity index (χ0n) is 14.9. The van der Waals surface area contributed by atoms with E-state index in [1.54, 1.807) is 24.1 Å². The highest BCUT2D eigenvalue weighted by atomic mass is 16.5. The Hall–Kier alpha value is -2.82. The molecule has 0 aliphatic rings. The van der Waals surface area contributed by atoms with Crippen molar-refractivity contribution in [1.82, 2.24) is 4.90 Å². The number of hydrogen-bond donors (Lipinski definition) is 1. The molecule has 2 aromatic carbocycles. The fourth-order valence-electron chi connectivity index (χ4n) is 2.57. The molecule has 0 saturated carbocycles. The van der Waals surface area contributed by atoms with Crippen molar-refractivity contribution in [3.05, 3.63) is 59.7 Å². The number of aryl methyl sites for hydroxylation is 1. The molecular weight excluding hydrogens is 316 g/mol. The molecule has 2 rings (SSSR count). The van der Waals surface area contributed by atoms with E-state index in [2.05, 4.69) is 5.32 Å². The van der Waals surface area contributed by atoms with Gasteiger partial charge >= 0.3 is 0 Å². The molecule has 0 aliphatic heterocycles. The van der Waals surface area contributed by atoms with Crippen molar-refractivity contribution in [2.45, 2.75) is 20.3 Å². The van der Waals surface area contributed by atoms with Crippen molar-refractivity contribution in [3.63, 3.8) is 0 Å². The highest BCUT2D eigenvalue weighted by Crippen LogP contribution is 2.22. The Morgan fingerprint density at radius 1 is 1.08 bits per heavy atom. The van der Waals surface area contributed by atoms with Crippen LogP contribution in [0.2, 0.25) is 0 Å². The summed E-state index contributed by atoms with van der Waals surface area (Å²) in [4.78, 5) is 26.4. The predicted molar refractivity (Wildman–Crippen MR) is 98.8 cm³/mol. The first-order valence-electron chi connectivity index (χ1n) is 8.30. The van der Waals surface area contributed by atoms with Crippen LogP contribution < -0.4 is 10.1 Å². The van der Waals surface area contributed by atoms with Crippen LogP contribution in [0.1, 0.15) is 18.1 Å². The number of likely N-dealkylation sites (N-methyl/N-ethyl adjacent to an activating group) is 1. The molecule has 1 N–H and O–H groups in total. The first kappa shape index (κ1) is 18.5. The Balaban J connectivity index is 1.99. The molecule has 0 saturated heterocycles. The van der Waals surface area contributed by atoms with Crippen LogP contribution in [0, 0.1) is 6.92 Å². The fourth-order valence-corrected chi connectivity index (χ4v) is 2.57. The van der Waals surface area contributed by atoms with Gasteiger partial charge in [-0.2, -0.15) is 0 Å². The number of para-hydroxylation sites is 2. The second kappa shape index (κ2) is 8.87. The lowest BCUT2D eigenvalue weighted by molar-refractivity contribution is -0.133. The highest BCUT2D eigenvalue weighted by molar-refractivity contribution is 5.95. The number of methoxy groups -OCH3 is 1. The maximum Gasteiger partial charge on any atom is 0.244 e. The van der Waals surface area contributed by atoms with E-state index in [1.165, 1.54) is 0 Å². The van der Waals surface area contributed by atoms with Gasteiger partial charge in [0.15, 0.2) is 0 Å². The molecule has 0 atom stereocenters. The van der Waals surface area contributed by atoms with Crippen LogP contribution in [0.3, 0.4) is 0 Å². The molecule has 0 aromatic heterocycles. The number of amides is 2. The second-order valence-electron chi connectivity index (χ2n) is 5.76. The van der Waals surface area contributed by atoms with Gasteiger partial charge in [0.1, 0.15) is 5.75 Å². The van der Waals surface area contributed by atoms with Gasteiger partial charge in [-0.3, -0.25) is 9.59 Å². The maximum atomic E-state index is 12.5. The standard InChI is InChI=1S/C20H24N2O3/c1-4-22(20(24)13-16-10-6-5-9-15(16)2)14-19(23)21-17-11-7-8-12-18(17)25-3/h5-12H,4,13-14H2,1-3H3,(H,21,23). The van der Waals surface area contributed by atoms with Crippen molar-refractivity contribution in [2.24, 2.45) is 0 Å². The summed E-state index contributed by atoms with van der Waals surface area (Å²) in [6.45, 7) is 4.34. The molecule has 0 bridgehead atoms. The van der Waals surface area contributed by atoms with Gasteiger partial charge in [0.2, 0.25) is 11.8 Å². The van der Waals surface area contributed by atoms with Gasteiger partial charge in [-0.15, -0.1) is 0 Å². The third kappa shape index (κ3) is 5.08. The molecule has 0 fully saturated rings. The smallest absolute Gasteiger partial charge is 0.244 e. The van der Waals surface area contributed by atoms with Gasteiger partial charge in [0, 0.05) is 6.54 Å². The molecule has 5 heteroatoms. The van der Waals surface area contributed by atoms with Crippen molar-refractivity contribution >= 4 is 17.5 Å². The summed E-state index contributed by atoms with van der Waals surface area (Å²) in [5.41, 5.74) is 2.65. The van der Waals surface area contributed by atoms with Crippen LogP contribution in [0.5, 0.6) is 5.75 Å². The molecule has 0 heterocycles. The summed E-state index contributed by atoms with van der Waals surface area (Å²) < 4.78 is 5.22. The maximum absolute atomic E-state index is 12.5. The van der Waals surface area contributed by atoms with Crippen LogP contribution in [-0.4, -0.2) is 36.9 Å². The predicted octanol–water partition coefficient (Wildman–Crippen LogP) is 3.03. The van der Waals surface area contributed by atoms with E-state index in [1.807, 2.05) is 50.2 Å². The number of nitrogens with one attached hydrogen (secondary N) is 1. The minimum Gasteiger partial charge on any atom is -0.495 e. The molecule has 2 aromatic rings. The molecule has 0 aliphatic carbocycles. The lowest BCUT2D eigenvalue weighted by Gasteiger charge is -2.21. The summed E-state index contributed by atoms with van der Waals surface area (Å²) in [7, 11) is 1.55. The van der Waals surface area contributed by atoms with Gasteiger partial charge < -0.3 is 15.0 Å². The van der Waals surface area contributed by atoms with Crippen molar-refractivity contribution in [3.8, 4) is 5.75 Å². The third-order valence-electron chi connectivity index (χ3n) is 4.05. The van der Waals surface area contributed by atoms with Crippen molar-refractivity contribution in [2.75, 3.05) is 25.5 Å². The molecule has 132 valence electrons. The number of rotatable bonds is 7. The Morgan fingerprint density at radius 2 is 1.76 bits per heavy atom. The third-order valence-corrected chi connectivity index (χ3v) is 4.05. The summed E-state index contributed by atoms with van der Waals surface area (Å²) in [6.07, 6.45) is 0.294. The first-order valence-corrected chi connectivity index (χ1v) is 8.30. The minimum absolute atomic E-state index is 0.0132. The Bertz CT molecular complexity index is 743. The summed E-state index contributed by atoms with van der Waals surface area (Å²) in [5.74, 6) is 0.279. The van der Waals surface area contributed by atoms with Crippen molar-refractivity contribution < 1.29 is 14.3 Å².